The number of carbonyl (C=O) groups excluding carboxylic acids is 1. The van der Waals surface area contributed by atoms with E-state index in [4.69, 9.17) is 9.52 Å². The molecule has 0 saturated heterocycles. The first kappa shape index (κ1) is 10.3. The van der Waals surface area contributed by atoms with Crippen LogP contribution in [-0.2, 0) is 27.2 Å². The lowest BCUT2D eigenvalue weighted by atomic mass is 10.1. The molecule has 0 aromatic carbocycles. The molecule has 0 bridgehead atoms. The second-order valence-electron chi connectivity index (χ2n) is 2.69. The van der Waals surface area contributed by atoms with Crippen LogP contribution in [0.25, 0.3) is 0 Å². The Balaban J connectivity index is 2.72. The summed E-state index contributed by atoms with van der Waals surface area (Å²) in [5, 5.41) is 8.54. The molecule has 0 spiro atoms. The molecule has 5 nitrogen and oxygen atoms in total. The van der Waals surface area contributed by atoms with Gasteiger partial charge in [-0.15, -0.1) is 0 Å². The number of carboxylic acid groups (broad SMARTS) is 1. The SMILES string of the molecule is COC(=O)Cc1occc1CC(=O)O. The number of hydrogen-bond donors (Lipinski definition) is 1. The zero-order valence-electron chi connectivity index (χ0n) is 7.65. The monoisotopic (exact) mass is 198 g/mol. The maximum Gasteiger partial charge on any atom is 0.313 e. The molecule has 0 aliphatic carbocycles. The molecule has 1 aromatic rings. The van der Waals surface area contributed by atoms with Crippen molar-refractivity contribution in [3.63, 3.8) is 0 Å². The Morgan fingerprint density at radius 1 is 1.50 bits per heavy atom. The second-order valence-corrected chi connectivity index (χ2v) is 2.69. The van der Waals surface area contributed by atoms with Crippen molar-refractivity contribution in [2.75, 3.05) is 7.11 Å². The van der Waals surface area contributed by atoms with Crippen molar-refractivity contribution < 1.29 is 23.8 Å². The zero-order chi connectivity index (χ0) is 10.6. The molecule has 1 N–H and O–H groups in total. The lowest BCUT2D eigenvalue weighted by molar-refractivity contribution is -0.140. The van der Waals surface area contributed by atoms with Gasteiger partial charge >= 0.3 is 11.9 Å². The minimum atomic E-state index is -0.961. The highest BCUT2D eigenvalue weighted by Gasteiger charge is 2.13. The summed E-state index contributed by atoms with van der Waals surface area (Å²) in [6, 6.07) is 1.53. The molecule has 0 atom stereocenters. The zero-order valence-corrected chi connectivity index (χ0v) is 7.65. The topological polar surface area (TPSA) is 76.7 Å². The summed E-state index contributed by atoms with van der Waals surface area (Å²) in [5.74, 6) is -1.07. The second kappa shape index (κ2) is 4.45. The van der Waals surface area contributed by atoms with E-state index in [9.17, 15) is 9.59 Å². The Labute approximate surface area is 80.3 Å². The Bertz CT molecular complexity index is 339. The van der Waals surface area contributed by atoms with Crippen molar-refractivity contribution in [3.8, 4) is 0 Å². The van der Waals surface area contributed by atoms with Gasteiger partial charge in [-0.05, 0) is 6.07 Å². The Hall–Kier alpha value is -1.78. The number of methoxy groups -OCH3 is 1. The van der Waals surface area contributed by atoms with Crippen molar-refractivity contribution >= 4 is 11.9 Å². The first-order valence-corrected chi connectivity index (χ1v) is 3.97. The van der Waals surface area contributed by atoms with E-state index in [0.29, 0.717) is 11.3 Å². The van der Waals surface area contributed by atoms with Gasteiger partial charge in [-0.2, -0.15) is 0 Å². The molecule has 1 aromatic heterocycles. The molecular formula is C9H10O5. The van der Waals surface area contributed by atoms with E-state index in [1.54, 1.807) is 0 Å². The van der Waals surface area contributed by atoms with Crippen LogP contribution < -0.4 is 0 Å². The fourth-order valence-electron chi connectivity index (χ4n) is 1.05. The number of ether oxygens (including phenoxy) is 1. The van der Waals surface area contributed by atoms with E-state index < -0.39 is 11.9 Å². The third kappa shape index (κ3) is 2.62. The molecule has 0 radical (unpaired) electrons. The summed E-state index contributed by atoms with van der Waals surface area (Å²) < 4.78 is 9.41. The molecule has 1 heterocycles. The van der Waals surface area contributed by atoms with Gasteiger partial charge in [0.25, 0.3) is 0 Å². The number of furan rings is 1. The summed E-state index contributed by atoms with van der Waals surface area (Å²) in [6.45, 7) is 0. The Morgan fingerprint density at radius 2 is 2.21 bits per heavy atom. The van der Waals surface area contributed by atoms with Gasteiger partial charge in [-0.25, -0.2) is 0 Å². The summed E-state index contributed by atoms with van der Waals surface area (Å²) in [6.07, 6.45) is 1.17. The average Bonchev–Trinajstić information content (AvgIpc) is 2.52. The van der Waals surface area contributed by atoms with Gasteiger partial charge < -0.3 is 14.3 Å². The van der Waals surface area contributed by atoms with Crippen molar-refractivity contribution in [1.82, 2.24) is 0 Å². The fraction of sp³-hybridized carbons (Fsp3) is 0.333. The van der Waals surface area contributed by atoms with E-state index in [-0.39, 0.29) is 12.8 Å². The largest absolute Gasteiger partial charge is 0.481 e. The third-order valence-electron chi connectivity index (χ3n) is 1.71. The van der Waals surface area contributed by atoms with Crippen LogP contribution in [0.1, 0.15) is 11.3 Å². The molecule has 0 aliphatic rings. The smallest absolute Gasteiger partial charge is 0.313 e. The summed E-state index contributed by atoms with van der Waals surface area (Å²) in [7, 11) is 1.27. The number of rotatable bonds is 4. The van der Waals surface area contributed by atoms with Gasteiger partial charge in [0.1, 0.15) is 12.2 Å². The number of carbonyl (C=O) groups is 2. The Morgan fingerprint density at radius 3 is 2.79 bits per heavy atom. The van der Waals surface area contributed by atoms with Gasteiger partial charge in [0.2, 0.25) is 0 Å². The summed E-state index contributed by atoms with van der Waals surface area (Å²) >= 11 is 0. The van der Waals surface area contributed by atoms with E-state index >= 15 is 0 Å². The highest BCUT2D eigenvalue weighted by Crippen LogP contribution is 2.12. The van der Waals surface area contributed by atoms with Gasteiger partial charge in [-0.1, -0.05) is 0 Å². The van der Waals surface area contributed by atoms with E-state index in [1.165, 1.54) is 19.4 Å². The molecule has 0 unspecified atom stereocenters. The summed E-state index contributed by atoms with van der Waals surface area (Å²) in [5.41, 5.74) is 0.503. The van der Waals surface area contributed by atoms with Crippen LogP contribution in [-0.4, -0.2) is 24.2 Å². The maximum absolute atomic E-state index is 10.9. The fourth-order valence-corrected chi connectivity index (χ4v) is 1.05. The van der Waals surface area contributed by atoms with Crippen LogP contribution in [0.5, 0.6) is 0 Å². The molecule has 0 amide bonds. The Kier molecular flexibility index (Phi) is 3.28. The molecule has 0 aliphatic heterocycles. The van der Waals surface area contributed by atoms with Crippen molar-refractivity contribution in [2.45, 2.75) is 12.8 Å². The lowest BCUT2D eigenvalue weighted by Crippen LogP contribution is -2.07. The number of aliphatic carboxylic acids is 1. The van der Waals surface area contributed by atoms with Crippen molar-refractivity contribution in [3.05, 3.63) is 23.7 Å². The van der Waals surface area contributed by atoms with Crippen molar-refractivity contribution in [2.24, 2.45) is 0 Å². The predicted octanol–water partition coefficient (Wildman–Crippen LogP) is 0.622. The van der Waals surface area contributed by atoms with Gasteiger partial charge in [0.15, 0.2) is 0 Å². The van der Waals surface area contributed by atoms with Crippen LogP contribution in [0.3, 0.4) is 0 Å². The van der Waals surface area contributed by atoms with Crippen LogP contribution in [0, 0.1) is 0 Å². The van der Waals surface area contributed by atoms with Crippen LogP contribution in [0.2, 0.25) is 0 Å². The molecule has 5 heteroatoms. The average molecular weight is 198 g/mol. The number of hydrogen-bond acceptors (Lipinski definition) is 4. The number of esters is 1. The minimum Gasteiger partial charge on any atom is -0.481 e. The molecular weight excluding hydrogens is 188 g/mol. The van der Waals surface area contributed by atoms with Gasteiger partial charge in [0.05, 0.1) is 19.8 Å². The van der Waals surface area contributed by atoms with Crippen LogP contribution >= 0.6 is 0 Å². The first-order chi connectivity index (χ1) is 6.63. The molecule has 1 rings (SSSR count). The standard InChI is InChI=1S/C9H10O5/c1-13-9(12)5-7-6(2-3-14-7)4-8(10)11/h2-3H,4-5H2,1H3,(H,10,11). The van der Waals surface area contributed by atoms with Crippen LogP contribution in [0.4, 0.5) is 0 Å². The van der Waals surface area contributed by atoms with E-state index in [0.717, 1.165) is 0 Å². The predicted molar refractivity (Wildman–Crippen MR) is 45.8 cm³/mol. The van der Waals surface area contributed by atoms with Gasteiger partial charge in [-0.3, -0.25) is 9.59 Å². The number of carboxylic acids is 1. The van der Waals surface area contributed by atoms with E-state index in [1.807, 2.05) is 0 Å². The highest BCUT2D eigenvalue weighted by atomic mass is 16.5. The molecule has 0 saturated carbocycles. The maximum atomic E-state index is 10.9. The third-order valence-corrected chi connectivity index (χ3v) is 1.71. The highest BCUT2D eigenvalue weighted by molar-refractivity contribution is 5.74. The lowest BCUT2D eigenvalue weighted by Gasteiger charge is -1.98. The quantitative estimate of drug-likeness (QED) is 0.717. The summed E-state index contributed by atoms with van der Waals surface area (Å²) in [4.78, 5) is 21.3. The van der Waals surface area contributed by atoms with Crippen molar-refractivity contribution in [1.29, 1.82) is 0 Å². The first-order valence-electron chi connectivity index (χ1n) is 3.97. The molecule has 0 fully saturated rings. The minimum absolute atomic E-state index is 0.0356. The van der Waals surface area contributed by atoms with Crippen LogP contribution in [0.15, 0.2) is 16.7 Å². The normalized spacial score (nSPS) is 9.79. The molecule has 14 heavy (non-hydrogen) atoms. The van der Waals surface area contributed by atoms with E-state index in [2.05, 4.69) is 4.74 Å². The molecule has 76 valence electrons. The van der Waals surface area contributed by atoms with Gasteiger partial charge in [0, 0.05) is 5.56 Å².